The lowest BCUT2D eigenvalue weighted by molar-refractivity contribution is 0.307. The van der Waals surface area contributed by atoms with Gasteiger partial charge in [0.2, 0.25) is 0 Å². The van der Waals surface area contributed by atoms with Gasteiger partial charge in [0.25, 0.3) is 0 Å². The van der Waals surface area contributed by atoms with Gasteiger partial charge >= 0.3 is 0 Å². The first-order chi connectivity index (χ1) is 9.99. The lowest BCUT2D eigenvalue weighted by Gasteiger charge is -2.13. The molecule has 1 heterocycles. The molecule has 6 heteroatoms. The Bertz CT molecular complexity index is 635. The van der Waals surface area contributed by atoms with Crippen molar-refractivity contribution >= 4 is 56.7 Å². The highest BCUT2D eigenvalue weighted by molar-refractivity contribution is 14.1. The highest BCUT2D eigenvalue weighted by Crippen LogP contribution is 2.35. The van der Waals surface area contributed by atoms with Crippen LogP contribution in [-0.2, 0) is 0 Å². The second kappa shape index (κ2) is 7.81. The van der Waals surface area contributed by atoms with Gasteiger partial charge in [0.1, 0.15) is 10.7 Å². The Hall–Kier alpha value is -0.300. The van der Waals surface area contributed by atoms with Crippen molar-refractivity contribution in [2.45, 2.75) is 26.3 Å². The minimum absolute atomic E-state index is 0.437. The van der Waals surface area contributed by atoms with Crippen LogP contribution in [0.15, 0.2) is 18.2 Å². The molecule has 0 radical (unpaired) electrons. The molecule has 114 valence electrons. The molecule has 2 aromatic rings. The molecule has 0 atom stereocenters. The first-order valence-corrected chi connectivity index (χ1v) is 8.63. The average molecular weight is 439 g/mol. The van der Waals surface area contributed by atoms with Crippen LogP contribution < -0.4 is 10.1 Å². The zero-order valence-corrected chi connectivity index (χ0v) is 15.6. The molecule has 0 aliphatic heterocycles. The van der Waals surface area contributed by atoms with Gasteiger partial charge in [-0.2, -0.15) is 0 Å². The van der Waals surface area contributed by atoms with E-state index in [0.717, 1.165) is 33.2 Å². The molecule has 2 rings (SSSR count). The normalized spacial score (nSPS) is 11.3. The molecule has 1 aromatic heterocycles. The zero-order valence-electron chi connectivity index (χ0n) is 11.9. The van der Waals surface area contributed by atoms with Crippen molar-refractivity contribution in [3.05, 3.63) is 31.9 Å². The fourth-order valence-corrected chi connectivity index (χ4v) is 3.26. The number of fused-ring (bicyclic) bond motifs is 1. The fraction of sp³-hybridized carbons (Fsp3) is 0.400. The van der Waals surface area contributed by atoms with Crippen LogP contribution in [0.1, 0.15) is 20.3 Å². The maximum Gasteiger partial charge on any atom is 0.158 e. The number of ether oxygens (including phenoxy) is 1. The number of benzene rings is 1. The third-order valence-electron chi connectivity index (χ3n) is 2.92. The average Bonchev–Trinajstić information content (AvgIpc) is 2.41. The SMILES string of the molecule is CC(C)NCCCOc1c(I)cc(Cl)c2ccc(Cl)nc12. The van der Waals surface area contributed by atoms with Crippen molar-refractivity contribution in [2.75, 3.05) is 13.2 Å². The molecule has 0 aliphatic rings. The van der Waals surface area contributed by atoms with E-state index in [1.165, 1.54) is 0 Å². The fourth-order valence-electron chi connectivity index (χ4n) is 1.94. The lowest BCUT2D eigenvalue weighted by Crippen LogP contribution is -2.24. The quantitative estimate of drug-likeness (QED) is 0.395. The summed E-state index contributed by atoms with van der Waals surface area (Å²) in [5, 5.41) is 5.32. The van der Waals surface area contributed by atoms with E-state index in [0.29, 0.717) is 22.8 Å². The summed E-state index contributed by atoms with van der Waals surface area (Å²) in [6, 6.07) is 5.98. The minimum Gasteiger partial charge on any atom is -0.490 e. The minimum atomic E-state index is 0.437. The smallest absolute Gasteiger partial charge is 0.158 e. The predicted molar refractivity (Wildman–Crippen MR) is 97.7 cm³/mol. The van der Waals surface area contributed by atoms with Gasteiger partial charge in [-0.3, -0.25) is 0 Å². The summed E-state index contributed by atoms with van der Waals surface area (Å²) in [6.07, 6.45) is 0.930. The number of halogens is 3. The molecule has 3 nitrogen and oxygen atoms in total. The molecule has 1 aromatic carbocycles. The second-order valence-electron chi connectivity index (χ2n) is 5.01. The Kier molecular flexibility index (Phi) is 6.34. The van der Waals surface area contributed by atoms with Crippen molar-refractivity contribution in [2.24, 2.45) is 0 Å². The summed E-state index contributed by atoms with van der Waals surface area (Å²) >= 11 is 14.5. The van der Waals surface area contributed by atoms with Crippen molar-refractivity contribution in [1.29, 1.82) is 0 Å². The number of aromatic nitrogens is 1. The topological polar surface area (TPSA) is 34.1 Å². The summed E-state index contributed by atoms with van der Waals surface area (Å²) in [5.41, 5.74) is 0.719. The summed E-state index contributed by atoms with van der Waals surface area (Å²) in [4.78, 5) is 4.36. The van der Waals surface area contributed by atoms with E-state index in [9.17, 15) is 0 Å². The number of rotatable bonds is 6. The van der Waals surface area contributed by atoms with Crippen LogP contribution in [0, 0.1) is 3.57 Å². The summed E-state index contributed by atoms with van der Waals surface area (Å²) in [7, 11) is 0. The Morgan fingerprint density at radius 2 is 2.10 bits per heavy atom. The van der Waals surface area contributed by atoms with Crippen LogP contribution in [0.25, 0.3) is 10.9 Å². The van der Waals surface area contributed by atoms with Crippen LogP contribution in [0.3, 0.4) is 0 Å². The molecule has 21 heavy (non-hydrogen) atoms. The van der Waals surface area contributed by atoms with Crippen LogP contribution in [0.5, 0.6) is 5.75 Å². The van der Waals surface area contributed by atoms with Gasteiger partial charge in [-0.1, -0.05) is 37.0 Å². The van der Waals surface area contributed by atoms with Crippen molar-refractivity contribution in [3.8, 4) is 5.75 Å². The number of hydrogen-bond acceptors (Lipinski definition) is 3. The third-order valence-corrected chi connectivity index (χ3v) is 4.25. The molecule has 0 fully saturated rings. The molecule has 0 spiro atoms. The monoisotopic (exact) mass is 438 g/mol. The molecule has 0 amide bonds. The highest BCUT2D eigenvalue weighted by atomic mass is 127. The van der Waals surface area contributed by atoms with E-state index in [1.54, 1.807) is 6.07 Å². The molecule has 0 saturated heterocycles. The van der Waals surface area contributed by atoms with E-state index in [-0.39, 0.29) is 0 Å². The van der Waals surface area contributed by atoms with Gasteiger partial charge in [0.15, 0.2) is 5.75 Å². The van der Waals surface area contributed by atoms with Gasteiger partial charge in [-0.15, -0.1) is 0 Å². The number of hydrogen-bond donors (Lipinski definition) is 1. The van der Waals surface area contributed by atoms with E-state index >= 15 is 0 Å². The maximum absolute atomic E-state index is 6.25. The van der Waals surface area contributed by atoms with Crippen molar-refractivity contribution in [1.82, 2.24) is 10.3 Å². The summed E-state index contributed by atoms with van der Waals surface area (Å²) < 4.78 is 6.86. The first kappa shape index (κ1) is 17.1. The highest BCUT2D eigenvalue weighted by Gasteiger charge is 2.13. The van der Waals surface area contributed by atoms with Crippen LogP contribution in [-0.4, -0.2) is 24.2 Å². The standard InChI is InChI=1S/C15H17Cl2IN2O/c1-9(2)19-6-3-7-21-15-12(18)8-11(16)10-4-5-13(17)20-14(10)15/h4-5,8-9,19H,3,6-7H2,1-2H3. The van der Waals surface area contributed by atoms with E-state index in [4.69, 9.17) is 27.9 Å². The third kappa shape index (κ3) is 4.58. The number of pyridine rings is 1. The van der Waals surface area contributed by atoms with Crippen molar-refractivity contribution < 1.29 is 4.74 Å². The molecule has 0 unspecified atom stereocenters. The van der Waals surface area contributed by atoms with Crippen molar-refractivity contribution in [3.63, 3.8) is 0 Å². The van der Waals surface area contributed by atoms with Crippen LogP contribution in [0.2, 0.25) is 10.2 Å². The molecular weight excluding hydrogens is 422 g/mol. The molecule has 0 bridgehead atoms. The molecule has 0 aliphatic carbocycles. The van der Waals surface area contributed by atoms with Crippen LogP contribution >= 0.6 is 45.8 Å². The van der Waals surface area contributed by atoms with Gasteiger partial charge in [-0.25, -0.2) is 4.98 Å². The zero-order chi connectivity index (χ0) is 15.4. The van der Waals surface area contributed by atoms with E-state index < -0.39 is 0 Å². The van der Waals surface area contributed by atoms with E-state index in [2.05, 4.69) is 46.7 Å². The summed E-state index contributed by atoms with van der Waals surface area (Å²) in [5.74, 6) is 0.752. The Morgan fingerprint density at radius 1 is 1.33 bits per heavy atom. The van der Waals surface area contributed by atoms with E-state index in [1.807, 2.05) is 12.1 Å². The number of nitrogens with zero attached hydrogens (tertiary/aromatic N) is 1. The molecule has 1 N–H and O–H groups in total. The Morgan fingerprint density at radius 3 is 2.81 bits per heavy atom. The summed E-state index contributed by atoms with van der Waals surface area (Å²) in [6.45, 7) is 5.80. The van der Waals surface area contributed by atoms with Gasteiger partial charge < -0.3 is 10.1 Å². The largest absolute Gasteiger partial charge is 0.490 e. The second-order valence-corrected chi connectivity index (χ2v) is 6.97. The van der Waals surface area contributed by atoms with Gasteiger partial charge in [0, 0.05) is 11.4 Å². The lowest BCUT2D eigenvalue weighted by atomic mass is 10.2. The molecule has 0 saturated carbocycles. The maximum atomic E-state index is 6.25. The first-order valence-electron chi connectivity index (χ1n) is 6.79. The Balaban J connectivity index is 2.17. The van der Waals surface area contributed by atoms with Gasteiger partial charge in [0.05, 0.1) is 15.2 Å². The Labute approximate surface area is 148 Å². The molecular formula is C15H17Cl2IN2O. The van der Waals surface area contributed by atoms with Crippen LogP contribution in [0.4, 0.5) is 0 Å². The predicted octanol–water partition coefficient (Wildman–Crippen LogP) is 4.91. The number of nitrogens with one attached hydrogen (secondary N) is 1. The van der Waals surface area contributed by atoms with Gasteiger partial charge in [-0.05, 0) is 53.8 Å².